The van der Waals surface area contributed by atoms with Crippen LogP contribution in [0.25, 0.3) is 0 Å². The van der Waals surface area contributed by atoms with Crippen LogP contribution in [-0.4, -0.2) is 11.0 Å². The second-order valence-electron chi connectivity index (χ2n) is 1.43. The van der Waals surface area contributed by atoms with Gasteiger partial charge in [0.1, 0.15) is 0 Å². The maximum absolute atomic E-state index is 10.2. The molecule has 0 aromatic rings. The van der Waals surface area contributed by atoms with E-state index in [1.54, 1.807) is 0 Å². The van der Waals surface area contributed by atoms with Crippen molar-refractivity contribution >= 4 is 21.9 Å². The van der Waals surface area contributed by atoms with Crippen LogP contribution in [0.15, 0.2) is 0 Å². The van der Waals surface area contributed by atoms with Crippen molar-refractivity contribution in [1.29, 1.82) is 0 Å². The van der Waals surface area contributed by atoms with Crippen LogP contribution in [0.5, 0.6) is 0 Å². The highest BCUT2D eigenvalue weighted by molar-refractivity contribution is 9.09. The zero-order valence-corrected chi connectivity index (χ0v) is 6.56. The van der Waals surface area contributed by atoms with E-state index in [0.29, 0.717) is 0 Å². The summed E-state index contributed by atoms with van der Waals surface area (Å²) < 4.78 is 4.68. The Morgan fingerprint density at radius 2 is 2.38 bits per heavy atom. The van der Waals surface area contributed by atoms with Gasteiger partial charge in [-0.05, 0) is 22.4 Å². The summed E-state index contributed by atoms with van der Waals surface area (Å²) in [5.74, 6) is -0.242. The summed E-state index contributed by atoms with van der Waals surface area (Å²) in [5, 5.41) is -0.111. The summed E-state index contributed by atoms with van der Waals surface area (Å²) in [6.45, 7) is 3.33. The molecule has 0 spiro atoms. The normalized spacial score (nSPS) is 12.9. The van der Waals surface area contributed by atoms with Gasteiger partial charge in [0, 0.05) is 6.92 Å². The lowest BCUT2D eigenvalue weighted by Gasteiger charge is -2.04. The highest BCUT2D eigenvalue weighted by Gasteiger charge is 2.01. The van der Waals surface area contributed by atoms with Gasteiger partial charge in [0.2, 0.25) is 0 Å². The second-order valence-corrected chi connectivity index (χ2v) is 2.45. The second kappa shape index (κ2) is 3.89. The molecule has 0 aliphatic carbocycles. The van der Waals surface area contributed by atoms with Gasteiger partial charge in [-0.3, -0.25) is 4.79 Å². The fourth-order valence-corrected chi connectivity index (χ4v) is 0.527. The molecular weight excluding hydrogens is 172 g/mol. The first kappa shape index (κ1) is 7.95. The maximum Gasteiger partial charge on any atom is 0.303 e. The van der Waals surface area contributed by atoms with Crippen molar-refractivity contribution in [2.45, 2.75) is 25.3 Å². The highest BCUT2D eigenvalue weighted by atomic mass is 79.9. The summed E-state index contributed by atoms with van der Waals surface area (Å²) in [7, 11) is 0. The number of alkyl halides is 1. The van der Waals surface area contributed by atoms with Crippen LogP contribution in [0.1, 0.15) is 20.3 Å². The van der Waals surface area contributed by atoms with Gasteiger partial charge in [-0.1, -0.05) is 6.92 Å². The monoisotopic (exact) mass is 180 g/mol. The van der Waals surface area contributed by atoms with Crippen LogP contribution in [0.3, 0.4) is 0 Å². The quantitative estimate of drug-likeness (QED) is 0.478. The molecular formula is C5H9BrO2. The minimum absolute atomic E-state index is 0.111. The summed E-state index contributed by atoms with van der Waals surface area (Å²) >= 11 is 3.13. The number of hydrogen-bond donors (Lipinski definition) is 0. The van der Waals surface area contributed by atoms with Crippen molar-refractivity contribution in [3.05, 3.63) is 0 Å². The number of carbonyl (C=O) groups is 1. The molecule has 0 fully saturated rings. The Morgan fingerprint density at radius 1 is 1.88 bits per heavy atom. The van der Waals surface area contributed by atoms with Gasteiger partial charge in [0.25, 0.3) is 0 Å². The first-order valence-corrected chi connectivity index (χ1v) is 3.39. The molecule has 8 heavy (non-hydrogen) atoms. The molecule has 0 N–H and O–H groups in total. The fourth-order valence-electron chi connectivity index (χ4n) is 0.263. The van der Waals surface area contributed by atoms with Crippen molar-refractivity contribution < 1.29 is 9.53 Å². The van der Waals surface area contributed by atoms with Crippen molar-refractivity contribution in [3.63, 3.8) is 0 Å². The van der Waals surface area contributed by atoms with Gasteiger partial charge in [-0.2, -0.15) is 0 Å². The SMILES string of the molecule is CC[C@H](Br)OC(C)=O. The van der Waals surface area contributed by atoms with Gasteiger partial charge in [-0.25, -0.2) is 0 Å². The van der Waals surface area contributed by atoms with Crippen LogP contribution in [0.4, 0.5) is 0 Å². The molecule has 0 aliphatic rings. The zero-order valence-electron chi connectivity index (χ0n) is 4.98. The van der Waals surface area contributed by atoms with Gasteiger partial charge < -0.3 is 4.74 Å². The first-order valence-electron chi connectivity index (χ1n) is 2.48. The van der Waals surface area contributed by atoms with Crippen molar-refractivity contribution in [2.24, 2.45) is 0 Å². The Morgan fingerprint density at radius 3 is 2.50 bits per heavy atom. The molecule has 0 rings (SSSR count). The van der Waals surface area contributed by atoms with Crippen LogP contribution >= 0.6 is 15.9 Å². The molecule has 0 saturated carbocycles. The average Bonchev–Trinajstić information content (AvgIpc) is 1.65. The topological polar surface area (TPSA) is 26.3 Å². The fraction of sp³-hybridized carbons (Fsp3) is 0.800. The number of carbonyl (C=O) groups excluding carboxylic acids is 1. The van der Waals surface area contributed by atoms with Crippen LogP contribution in [-0.2, 0) is 9.53 Å². The lowest BCUT2D eigenvalue weighted by atomic mass is 10.5. The molecule has 0 aliphatic heterocycles. The summed E-state index contributed by atoms with van der Waals surface area (Å²) in [6.07, 6.45) is 0.805. The molecule has 1 atom stereocenters. The lowest BCUT2D eigenvalue weighted by molar-refractivity contribution is -0.142. The summed E-state index contributed by atoms with van der Waals surface area (Å²) in [5.41, 5.74) is 0. The van der Waals surface area contributed by atoms with Crippen molar-refractivity contribution in [3.8, 4) is 0 Å². The number of halogens is 1. The molecule has 0 unspecified atom stereocenters. The largest absolute Gasteiger partial charge is 0.451 e. The lowest BCUT2D eigenvalue weighted by Crippen LogP contribution is -2.06. The molecule has 2 nitrogen and oxygen atoms in total. The van der Waals surface area contributed by atoms with E-state index in [-0.39, 0.29) is 11.0 Å². The third-order valence-electron chi connectivity index (χ3n) is 0.615. The smallest absolute Gasteiger partial charge is 0.303 e. The predicted molar refractivity (Wildman–Crippen MR) is 34.8 cm³/mol. The van der Waals surface area contributed by atoms with E-state index < -0.39 is 0 Å². The molecule has 3 heteroatoms. The Bertz CT molecular complexity index is 82.5. The number of esters is 1. The van der Waals surface area contributed by atoms with E-state index in [0.717, 1.165) is 6.42 Å². The number of rotatable bonds is 2. The molecule has 0 amide bonds. The molecule has 0 aromatic heterocycles. The highest BCUT2D eigenvalue weighted by Crippen LogP contribution is 2.04. The minimum atomic E-state index is -0.242. The van der Waals surface area contributed by atoms with E-state index in [1.165, 1.54) is 6.92 Å². The first-order chi connectivity index (χ1) is 3.66. The number of hydrogen-bond acceptors (Lipinski definition) is 2. The van der Waals surface area contributed by atoms with Gasteiger partial charge in [0.05, 0.1) is 0 Å². The van der Waals surface area contributed by atoms with E-state index in [1.807, 2.05) is 6.92 Å². The van der Waals surface area contributed by atoms with Gasteiger partial charge in [0.15, 0.2) is 5.01 Å². The molecule has 0 heterocycles. The van der Waals surface area contributed by atoms with Crippen LogP contribution in [0.2, 0.25) is 0 Å². The maximum atomic E-state index is 10.2. The summed E-state index contributed by atoms with van der Waals surface area (Å²) in [6, 6.07) is 0. The van der Waals surface area contributed by atoms with E-state index in [4.69, 9.17) is 0 Å². The van der Waals surface area contributed by atoms with Gasteiger partial charge in [-0.15, -0.1) is 0 Å². The Hall–Kier alpha value is -0.0500. The molecule has 0 radical (unpaired) electrons. The zero-order chi connectivity index (χ0) is 6.57. The Kier molecular flexibility index (Phi) is 3.87. The molecule has 0 bridgehead atoms. The number of ether oxygens (including phenoxy) is 1. The third kappa shape index (κ3) is 4.12. The van der Waals surface area contributed by atoms with Crippen LogP contribution in [0, 0.1) is 0 Å². The Balaban J connectivity index is 3.24. The van der Waals surface area contributed by atoms with E-state index in [9.17, 15) is 4.79 Å². The van der Waals surface area contributed by atoms with E-state index >= 15 is 0 Å². The average molecular weight is 181 g/mol. The Labute approximate surface area is 57.3 Å². The van der Waals surface area contributed by atoms with Crippen molar-refractivity contribution in [2.75, 3.05) is 0 Å². The van der Waals surface area contributed by atoms with Crippen molar-refractivity contribution in [1.82, 2.24) is 0 Å². The minimum Gasteiger partial charge on any atom is -0.451 e. The van der Waals surface area contributed by atoms with Crippen LogP contribution < -0.4 is 0 Å². The third-order valence-corrected chi connectivity index (χ3v) is 1.45. The molecule has 0 saturated heterocycles. The summed E-state index contributed by atoms with van der Waals surface area (Å²) in [4.78, 5) is 10.2. The van der Waals surface area contributed by atoms with E-state index in [2.05, 4.69) is 20.7 Å². The molecule has 48 valence electrons. The molecule has 0 aromatic carbocycles. The predicted octanol–water partition coefficient (Wildman–Crippen LogP) is 1.68. The van der Waals surface area contributed by atoms with Gasteiger partial charge >= 0.3 is 5.97 Å². The standard InChI is InChI=1S/C5H9BrO2/c1-3-5(6)8-4(2)7/h5H,3H2,1-2H3/t5-/m1/s1.